The summed E-state index contributed by atoms with van der Waals surface area (Å²) in [6.07, 6.45) is 2.59. The number of aliphatic hydroxyl groups excluding tert-OH is 1. The Kier molecular flexibility index (Phi) is 3.40. The summed E-state index contributed by atoms with van der Waals surface area (Å²) < 4.78 is 1.03. The summed E-state index contributed by atoms with van der Waals surface area (Å²) in [5, 5.41) is 10.3. The fourth-order valence-electron chi connectivity index (χ4n) is 2.23. The van der Waals surface area contributed by atoms with E-state index in [4.69, 9.17) is 0 Å². The zero-order chi connectivity index (χ0) is 12.6. The predicted octanol–water partition coefficient (Wildman–Crippen LogP) is 1.81. The van der Waals surface area contributed by atoms with E-state index in [0.717, 1.165) is 9.86 Å². The van der Waals surface area contributed by atoms with Gasteiger partial charge in [0.2, 0.25) is 0 Å². The van der Waals surface area contributed by atoms with Crippen molar-refractivity contribution in [2.24, 2.45) is 5.41 Å². The van der Waals surface area contributed by atoms with Crippen molar-refractivity contribution in [3.8, 4) is 0 Å². The predicted molar refractivity (Wildman–Crippen MR) is 73.7 cm³/mol. The van der Waals surface area contributed by atoms with Crippen molar-refractivity contribution in [1.29, 1.82) is 0 Å². The number of hydrogen-bond acceptors (Lipinski definition) is 4. The van der Waals surface area contributed by atoms with E-state index < -0.39 is 6.23 Å². The molecule has 0 bridgehead atoms. The second-order valence-electron chi connectivity index (χ2n) is 5.01. The molecule has 4 nitrogen and oxygen atoms in total. The first-order chi connectivity index (χ1) is 7.95. The topological polar surface area (TPSA) is 53.4 Å². The molecular weight excluding hydrogens is 331 g/mol. The summed E-state index contributed by atoms with van der Waals surface area (Å²) in [7, 11) is 0. The number of halogens is 1. The molecular formula is C12H15IN2O2. The van der Waals surface area contributed by atoms with Gasteiger partial charge in [-0.3, -0.25) is 0 Å². The van der Waals surface area contributed by atoms with E-state index in [1.807, 2.05) is 26.0 Å². The van der Waals surface area contributed by atoms with Gasteiger partial charge in [0.1, 0.15) is 18.3 Å². The van der Waals surface area contributed by atoms with Crippen LogP contribution in [0.3, 0.4) is 0 Å². The molecule has 1 aliphatic rings. The molecule has 2 unspecified atom stereocenters. The van der Waals surface area contributed by atoms with E-state index in [1.165, 1.54) is 0 Å². The highest BCUT2D eigenvalue weighted by molar-refractivity contribution is 14.1. The Bertz CT molecular complexity index is 419. The standard InChI is InChI=1S/C12H15IN2O2/c1-12(2)5-9(7-16)15(11(12)17)10-4-3-8(13)6-14-10/h3-4,6-7,9,11,17H,5H2,1-2H3. The first-order valence-corrected chi connectivity index (χ1v) is 6.57. The number of pyridine rings is 1. The molecule has 2 heterocycles. The van der Waals surface area contributed by atoms with E-state index in [0.29, 0.717) is 12.2 Å². The Labute approximate surface area is 114 Å². The lowest BCUT2D eigenvalue weighted by Crippen LogP contribution is -2.40. The van der Waals surface area contributed by atoms with Crippen molar-refractivity contribution < 1.29 is 9.90 Å². The third-order valence-electron chi connectivity index (χ3n) is 3.19. The highest BCUT2D eigenvalue weighted by Gasteiger charge is 2.46. The van der Waals surface area contributed by atoms with Crippen LogP contribution in [-0.4, -0.2) is 28.6 Å². The minimum absolute atomic E-state index is 0.295. The molecule has 0 saturated carbocycles. The van der Waals surface area contributed by atoms with Gasteiger partial charge < -0.3 is 14.8 Å². The molecule has 1 aliphatic heterocycles. The molecule has 1 aromatic heterocycles. The average Bonchev–Trinajstić information content (AvgIpc) is 2.52. The number of nitrogens with zero attached hydrogens (tertiary/aromatic N) is 2. The van der Waals surface area contributed by atoms with Gasteiger partial charge in [-0.2, -0.15) is 0 Å². The number of aliphatic hydroxyl groups is 1. The molecule has 1 saturated heterocycles. The Hall–Kier alpha value is -0.690. The van der Waals surface area contributed by atoms with Gasteiger partial charge in [0.15, 0.2) is 0 Å². The molecule has 0 amide bonds. The normalized spacial score (nSPS) is 27.2. The van der Waals surface area contributed by atoms with Gasteiger partial charge >= 0.3 is 0 Å². The van der Waals surface area contributed by atoms with Crippen LogP contribution in [0.1, 0.15) is 20.3 Å². The van der Waals surface area contributed by atoms with Crippen LogP contribution in [0.5, 0.6) is 0 Å². The second-order valence-corrected chi connectivity index (χ2v) is 6.26. The van der Waals surface area contributed by atoms with E-state index in [2.05, 4.69) is 27.6 Å². The van der Waals surface area contributed by atoms with Crippen molar-refractivity contribution in [2.45, 2.75) is 32.5 Å². The molecule has 5 heteroatoms. The van der Waals surface area contributed by atoms with Crippen LogP contribution in [0.15, 0.2) is 18.3 Å². The van der Waals surface area contributed by atoms with Gasteiger partial charge in [-0.05, 0) is 41.1 Å². The lowest BCUT2D eigenvalue weighted by molar-refractivity contribution is -0.109. The molecule has 2 atom stereocenters. The van der Waals surface area contributed by atoms with Gasteiger partial charge in [-0.1, -0.05) is 13.8 Å². The molecule has 1 fully saturated rings. The largest absolute Gasteiger partial charge is 0.373 e. The summed E-state index contributed by atoms with van der Waals surface area (Å²) in [4.78, 5) is 17.1. The monoisotopic (exact) mass is 346 g/mol. The Balaban J connectivity index is 2.36. The molecule has 1 N–H and O–H groups in total. The molecule has 92 valence electrons. The van der Waals surface area contributed by atoms with E-state index in [-0.39, 0.29) is 11.5 Å². The van der Waals surface area contributed by atoms with Crippen LogP contribution in [0, 0.1) is 8.99 Å². The van der Waals surface area contributed by atoms with Crippen molar-refractivity contribution >= 4 is 34.7 Å². The summed E-state index contributed by atoms with van der Waals surface area (Å²) in [6, 6.07) is 3.46. The number of aromatic nitrogens is 1. The summed E-state index contributed by atoms with van der Waals surface area (Å²) in [6.45, 7) is 3.92. The van der Waals surface area contributed by atoms with Crippen LogP contribution < -0.4 is 4.90 Å². The van der Waals surface area contributed by atoms with E-state index in [9.17, 15) is 9.90 Å². The number of rotatable bonds is 2. The van der Waals surface area contributed by atoms with Crippen molar-refractivity contribution in [3.63, 3.8) is 0 Å². The van der Waals surface area contributed by atoms with Gasteiger partial charge in [-0.25, -0.2) is 4.98 Å². The van der Waals surface area contributed by atoms with Gasteiger partial charge in [0.25, 0.3) is 0 Å². The molecule has 2 rings (SSSR count). The van der Waals surface area contributed by atoms with Crippen LogP contribution in [-0.2, 0) is 4.79 Å². The SMILES string of the molecule is CC1(C)CC(C=O)N(c2ccc(I)cn2)C1O. The fourth-order valence-corrected chi connectivity index (χ4v) is 2.55. The molecule has 0 aliphatic carbocycles. The molecule has 17 heavy (non-hydrogen) atoms. The molecule has 1 aromatic rings. The maximum Gasteiger partial charge on any atom is 0.142 e. The van der Waals surface area contributed by atoms with Crippen molar-refractivity contribution in [2.75, 3.05) is 4.90 Å². The van der Waals surface area contributed by atoms with Crippen LogP contribution in [0.2, 0.25) is 0 Å². The lowest BCUT2D eigenvalue weighted by Gasteiger charge is -2.29. The van der Waals surface area contributed by atoms with Gasteiger partial charge in [0, 0.05) is 15.2 Å². The highest BCUT2D eigenvalue weighted by Crippen LogP contribution is 2.40. The summed E-state index contributed by atoms with van der Waals surface area (Å²) in [5.74, 6) is 0.653. The maximum absolute atomic E-state index is 11.1. The molecule has 0 spiro atoms. The zero-order valence-corrected chi connectivity index (χ0v) is 12.0. The van der Waals surface area contributed by atoms with E-state index in [1.54, 1.807) is 11.1 Å². The highest BCUT2D eigenvalue weighted by atomic mass is 127. The van der Waals surface area contributed by atoms with Gasteiger partial charge in [-0.15, -0.1) is 0 Å². The van der Waals surface area contributed by atoms with Crippen LogP contribution in [0.25, 0.3) is 0 Å². The molecule has 0 aromatic carbocycles. The van der Waals surface area contributed by atoms with Crippen LogP contribution >= 0.6 is 22.6 Å². The Morgan fingerprint density at radius 1 is 1.59 bits per heavy atom. The summed E-state index contributed by atoms with van der Waals surface area (Å²) in [5.41, 5.74) is -0.295. The fraction of sp³-hybridized carbons (Fsp3) is 0.500. The number of carbonyl (C=O) groups is 1. The maximum atomic E-state index is 11.1. The number of anilines is 1. The second kappa shape index (κ2) is 4.53. The third-order valence-corrected chi connectivity index (χ3v) is 3.83. The minimum Gasteiger partial charge on any atom is -0.373 e. The first kappa shape index (κ1) is 12.8. The Morgan fingerprint density at radius 3 is 2.82 bits per heavy atom. The first-order valence-electron chi connectivity index (χ1n) is 5.49. The molecule has 0 radical (unpaired) electrons. The zero-order valence-electron chi connectivity index (χ0n) is 9.80. The Morgan fingerprint density at radius 2 is 2.29 bits per heavy atom. The van der Waals surface area contributed by atoms with Crippen molar-refractivity contribution in [1.82, 2.24) is 4.98 Å². The minimum atomic E-state index is -0.676. The summed E-state index contributed by atoms with van der Waals surface area (Å²) >= 11 is 2.17. The quantitative estimate of drug-likeness (QED) is 0.656. The number of aldehydes is 1. The third kappa shape index (κ3) is 2.30. The van der Waals surface area contributed by atoms with Crippen LogP contribution in [0.4, 0.5) is 5.82 Å². The van der Waals surface area contributed by atoms with Crippen molar-refractivity contribution in [3.05, 3.63) is 21.9 Å². The van der Waals surface area contributed by atoms with E-state index >= 15 is 0 Å². The number of hydrogen-bond donors (Lipinski definition) is 1. The average molecular weight is 346 g/mol. The van der Waals surface area contributed by atoms with Gasteiger partial charge in [0.05, 0.1) is 6.04 Å². The smallest absolute Gasteiger partial charge is 0.142 e. The number of carbonyl (C=O) groups excluding carboxylic acids is 1. The lowest BCUT2D eigenvalue weighted by atomic mass is 9.89.